The Hall–Kier alpha value is -4.18. The molecule has 3 aliphatic carbocycles. The molecule has 0 saturated carbocycles. The van der Waals surface area contributed by atoms with E-state index in [0.29, 0.717) is 35.8 Å². The molecule has 0 saturated heterocycles. The minimum Gasteiger partial charge on any atom is -0.323 e. The lowest BCUT2D eigenvalue weighted by atomic mass is 9.54. The molecule has 3 aliphatic heterocycles. The first-order valence-corrected chi connectivity index (χ1v) is 15.8. The van der Waals surface area contributed by atoms with Gasteiger partial charge in [0.25, 0.3) is 0 Å². The number of hydrogen-bond donors (Lipinski definition) is 0. The molecule has 3 heterocycles. The maximum Gasteiger partial charge on any atom is 0.156 e. The van der Waals surface area contributed by atoms with E-state index in [4.69, 9.17) is 0 Å². The van der Waals surface area contributed by atoms with E-state index < -0.39 is 0 Å². The topological polar surface area (TPSA) is 13.0 Å². The van der Waals surface area contributed by atoms with Crippen LogP contribution in [0, 0.1) is 11.8 Å². The normalized spacial score (nSPS) is 26.3. The van der Waals surface area contributed by atoms with Gasteiger partial charge < -0.3 is 19.6 Å². The molecule has 0 amide bonds. The van der Waals surface area contributed by atoms with Crippen molar-refractivity contribution in [1.82, 2.24) is 0 Å². The van der Waals surface area contributed by atoms with E-state index >= 15 is 0 Å². The van der Waals surface area contributed by atoms with Gasteiger partial charge in [-0.05, 0) is 86.1 Å². The zero-order valence-corrected chi connectivity index (χ0v) is 24.9. The average molecular weight is 551 g/mol. The second-order valence-corrected chi connectivity index (χ2v) is 13.3. The van der Waals surface area contributed by atoms with Crippen LogP contribution in [0.2, 0.25) is 0 Å². The van der Waals surface area contributed by atoms with Crippen molar-refractivity contribution >= 4 is 22.7 Å². The molecule has 0 spiro atoms. The SMILES string of the molecule is CC(C)N1/C2=C3/N(C[C@@H]4C5c6ccccc6C(c6ccccc65)[C@H]4CN2c2ccccc21)c1ccccc1N3C(C)C. The number of para-hydroxylation sites is 4. The molecule has 4 heteroatoms. The van der Waals surface area contributed by atoms with E-state index in [2.05, 4.69) is 144 Å². The van der Waals surface area contributed by atoms with Gasteiger partial charge in [-0.2, -0.15) is 0 Å². The van der Waals surface area contributed by atoms with Crippen LogP contribution in [0.25, 0.3) is 0 Å². The van der Waals surface area contributed by atoms with Gasteiger partial charge in [0.15, 0.2) is 11.6 Å². The molecule has 6 aliphatic rings. The van der Waals surface area contributed by atoms with Gasteiger partial charge in [0.1, 0.15) is 0 Å². The maximum atomic E-state index is 2.71. The van der Waals surface area contributed by atoms with Crippen molar-refractivity contribution in [1.29, 1.82) is 0 Å². The third-order valence-corrected chi connectivity index (χ3v) is 10.6. The van der Waals surface area contributed by atoms with Crippen molar-refractivity contribution in [3.05, 3.63) is 131 Å². The average Bonchev–Trinajstić information content (AvgIpc) is 3.49. The van der Waals surface area contributed by atoms with Gasteiger partial charge in [-0.1, -0.05) is 72.8 Å². The van der Waals surface area contributed by atoms with Crippen molar-refractivity contribution in [2.24, 2.45) is 11.8 Å². The highest BCUT2D eigenvalue weighted by Crippen LogP contribution is 2.61. The predicted octanol–water partition coefficient (Wildman–Crippen LogP) is 8.12. The van der Waals surface area contributed by atoms with Gasteiger partial charge in [0, 0.05) is 37.0 Å². The Labute approximate surface area is 249 Å². The summed E-state index contributed by atoms with van der Waals surface area (Å²) >= 11 is 0. The molecule has 4 aromatic carbocycles. The highest BCUT2D eigenvalue weighted by Gasteiger charge is 2.54. The highest BCUT2D eigenvalue weighted by molar-refractivity contribution is 5.90. The number of nitrogens with zero attached hydrogens (tertiary/aromatic N) is 4. The minimum atomic E-state index is 0.331. The molecule has 210 valence electrons. The summed E-state index contributed by atoms with van der Waals surface area (Å²) in [4.78, 5) is 10.6. The van der Waals surface area contributed by atoms with E-state index in [-0.39, 0.29) is 0 Å². The van der Waals surface area contributed by atoms with Crippen LogP contribution in [0.5, 0.6) is 0 Å². The van der Waals surface area contributed by atoms with Crippen molar-refractivity contribution in [2.75, 3.05) is 32.7 Å². The Morgan fingerprint density at radius 3 is 1.10 bits per heavy atom. The molecule has 0 N–H and O–H groups in total. The fourth-order valence-electron chi connectivity index (χ4n) is 9.19. The third-order valence-electron chi connectivity index (χ3n) is 10.6. The largest absolute Gasteiger partial charge is 0.323 e. The Morgan fingerprint density at radius 2 is 0.762 bits per heavy atom. The molecule has 2 bridgehead atoms. The van der Waals surface area contributed by atoms with Crippen LogP contribution < -0.4 is 19.6 Å². The summed E-state index contributed by atoms with van der Waals surface area (Å²) in [6.07, 6.45) is 0. The number of rotatable bonds is 2. The van der Waals surface area contributed by atoms with Crippen molar-refractivity contribution < 1.29 is 0 Å². The zero-order valence-electron chi connectivity index (χ0n) is 24.9. The molecule has 0 radical (unpaired) electrons. The fraction of sp³-hybridized carbons (Fsp3) is 0.316. The predicted molar refractivity (Wildman–Crippen MR) is 173 cm³/mol. The Balaban J connectivity index is 1.34. The molecule has 42 heavy (non-hydrogen) atoms. The first kappa shape index (κ1) is 24.4. The Morgan fingerprint density at radius 1 is 0.452 bits per heavy atom. The molecule has 4 nitrogen and oxygen atoms in total. The van der Waals surface area contributed by atoms with Crippen molar-refractivity contribution in [3.63, 3.8) is 0 Å². The summed E-state index contributed by atoms with van der Waals surface area (Å²) in [6.45, 7) is 11.4. The monoisotopic (exact) mass is 550 g/mol. The van der Waals surface area contributed by atoms with E-state index in [1.807, 2.05) is 0 Å². The molecular formula is C38H38N4. The molecule has 4 aromatic rings. The summed E-state index contributed by atoms with van der Waals surface area (Å²) in [5.74, 6) is 4.48. The molecule has 2 atom stereocenters. The summed E-state index contributed by atoms with van der Waals surface area (Å²) in [7, 11) is 0. The van der Waals surface area contributed by atoms with E-state index in [0.717, 1.165) is 13.1 Å². The van der Waals surface area contributed by atoms with Crippen LogP contribution in [-0.4, -0.2) is 25.2 Å². The van der Waals surface area contributed by atoms with E-state index in [1.54, 1.807) is 22.3 Å². The highest BCUT2D eigenvalue weighted by atomic mass is 15.5. The number of hydrogen-bond acceptors (Lipinski definition) is 4. The van der Waals surface area contributed by atoms with E-state index in [1.165, 1.54) is 34.4 Å². The van der Waals surface area contributed by atoms with Crippen molar-refractivity contribution in [3.8, 4) is 0 Å². The second kappa shape index (κ2) is 8.67. The first-order valence-electron chi connectivity index (χ1n) is 15.8. The van der Waals surface area contributed by atoms with Gasteiger partial charge >= 0.3 is 0 Å². The van der Waals surface area contributed by atoms with Crippen LogP contribution in [0.1, 0.15) is 61.8 Å². The van der Waals surface area contributed by atoms with Gasteiger partial charge in [-0.3, -0.25) is 0 Å². The Bertz CT molecular complexity index is 1590. The lowest BCUT2D eigenvalue weighted by Gasteiger charge is -2.54. The summed E-state index contributed by atoms with van der Waals surface area (Å²) in [6, 6.07) is 37.6. The zero-order chi connectivity index (χ0) is 28.3. The molecule has 0 fully saturated rings. The van der Waals surface area contributed by atoms with Crippen LogP contribution in [0.4, 0.5) is 22.7 Å². The molecule has 0 unspecified atom stereocenters. The second-order valence-electron chi connectivity index (χ2n) is 13.3. The standard InChI is InChI=1S/C38H38N4/c1-23(2)41-33-19-11-9-17-31(33)39-21-29-30(22-40-32-18-10-12-20-34(32)42(24(3)4)38(40)37(39)41)36-27-15-7-5-13-25(27)35(29)26-14-6-8-16-28(26)36/h5-20,23-24,29-30,35-36H,21-22H2,1-4H3/b38-37-/t29-,30-,35?,36?/m0/s1. The molecular weight excluding hydrogens is 512 g/mol. The maximum absolute atomic E-state index is 2.71. The summed E-state index contributed by atoms with van der Waals surface area (Å²) in [5.41, 5.74) is 11.5. The minimum absolute atomic E-state index is 0.331. The first-order chi connectivity index (χ1) is 20.5. The Kier molecular flexibility index (Phi) is 5.04. The van der Waals surface area contributed by atoms with Crippen LogP contribution >= 0.6 is 0 Å². The number of benzene rings is 4. The van der Waals surface area contributed by atoms with Crippen LogP contribution in [0.15, 0.2) is 109 Å². The summed E-state index contributed by atoms with van der Waals surface area (Å²) in [5, 5.41) is 0. The van der Waals surface area contributed by atoms with Crippen LogP contribution in [0.3, 0.4) is 0 Å². The number of fused-ring (bicyclic) bond motifs is 6. The van der Waals surface area contributed by atoms with E-state index in [9.17, 15) is 0 Å². The molecule has 10 rings (SSSR count). The summed E-state index contributed by atoms with van der Waals surface area (Å²) < 4.78 is 0. The molecule has 0 aromatic heterocycles. The van der Waals surface area contributed by atoms with Crippen LogP contribution in [-0.2, 0) is 0 Å². The van der Waals surface area contributed by atoms with Gasteiger partial charge in [0.05, 0.1) is 22.7 Å². The third kappa shape index (κ3) is 3.02. The smallest absolute Gasteiger partial charge is 0.156 e. The number of anilines is 4. The fourth-order valence-corrected chi connectivity index (χ4v) is 9.19. The lowest BCUT2D eigenvalue weighted by Crippen LogP contribution is -2.53. The van der Waals surface area contributed by atoms with Gasteiger partial charge in [-0.25, -0.2) is 0 Å². The van der Waals surface area contributed by atoms with Gasteiger partial charge in [-0.15, -0.1) is 0 Å². The lowest BCUT2D eigenvalue weighted by molar-refractivity contribution is 0.236. The van der Waals surface area contributed by atoms with Gasteiger partial charge in [0.2, 0.25) is 0 Å². The quantitative estimate of drug-likeness (QED) is 0.250. The van der Waals surface area contributed by atoms with Crippen molar-refractivity contribution in [2.45, 2.75) is 51.6 Å².